The highest BCUT2D eigenvalue weighted by Crippen LogP contribution is 2.32. The number of rotatable bonds is 5. The number of nitrogens with one attached hydrogen (secondary N) is 2. The van der Waals surface area contributed by atoms with Crippen molar-refractivity contribution in [3.63, 3.8) is 0 Å². The quantitative estimate of drug-likeness (QED) is 0.448. The van der Waals surface area contributed by atoms with Crippen LogP contribution in [-0.2, 0) is 14.3 Å². The van der Waals surface area contributed by atoms with E-state index in [0.29, 0.717) is 17.0 Å². The predicted molar refractivity (Wildman–Crippen MR) is 103 cm³/mol. The molecule has 2 aromatic rings. The van der Waals surface area contributed by atoms with Crippen LogP contribution in [0.1, 0.15) is 15.9 Å². The maximum atomic E-state index is 12.2. The summed E-state index contributed by atoms with van der Waals surface area (Å²) in [7, 11) is 0. The summed E-state index contributed by atoms with van der Waals surface area (Å²) in [5.41, 5.74) is 1.01. The third-order valence-corrected chi connectivity index (χ3v) is 4.97. The number of esters is 1. The molecule has 3 rings (SSSR count). The number of thioether (sulfide) groups is 1. The third-order valence-electron chi connectivity index (χ3n) is 3.89. The number of amides is 2. The molecule has 0 radical (unpaired) electrons. The molecule has 0 aliphatic carbocycles. The van der Waals surface area contributed by atoms with Gasteiger partial charge in [-0.3, -0.25) is 19.7 Å². The average molecular weight is 401 g/mol. The van der Waals surface area contributed by atoms with E-state index in [0.717, 1.165) is 4.90 Å². The van der Waals surface area contributed by atoms with E-state index in [9.17, 15) is 24.5 Å². The zero-order chi connectivity index (χ0) is 20.3. The molecule has 1 aliphatic heterocycles. The van der Waals surface area contributed by atoms with Gasteiger partial charge in [0.2, 0.25) is 5.91 Å². The topological polar surface area (TPSA) is 128 Å². The maximum absolute atomic E-state index is 12.2. The standard InChI is InChI=1S/C18H15N3O6S/c1-10-3-2-4-13(21(25)26)17(10)20-15(22)8-27-18(24)11-5-6-14-12(7-11)19-16(23)9-28-14/h2-7H,8-9H2,1H3,(H,19,23)(H,20,22). The smallest absolute Gasteiger partial charge is 0.338 e. The Balaban J connectivity index is 1.64. The molecule has 0 spiro atoms. The average Bonchev–Trinajstić information content (AvgIpc) is 2.66. The van der Waals surface area contributed by atoms with Gasteiger partial charge in [-0.05, 0) is 30.7 Å². The van der Waals surface area contributed by atoms with E-state index in [-0.39, 0.29) is 22.8 Å². The van der Waals surface area contributed by atoms with Crippen LogP contribution in [0.5, 0.6) is 0 Å². The fourth-order valence-corrected chi connectivity index (χ4v) is 3.36. The van der Waals surface area contributed by atoms with Crippen molar-refractivity contribution in [2.24, 2.45) is 0 Å². The molecule has 2 N–H and O–H groups in total. The van der Waals surface area contributed by atoms with Crippen LogP contribution in [0, 0.1) is 17.0 Å². The number of anilines is 2. The van der Waals surface area contributed by atoms with Gasteiger partial charge in [0.1, 0.15) is 5.69 Å². The number of fused-ring (bicyclic) bond motifs is 1. The van der Waals surface area contributed by atoms with Gasteiger partial charge in [0.25, 0.3) is 11.6 Å². The first-order valence-corrected chi connectivity index (χ1v) is 9.11. The summed E-state index contributed by atoms with van der Waals surface area (Å²) in [6, 6.07) is 9.10. The van der Waals surface area contributed by atoms with Gasteiger partial charge in [0, 0.05) is 11.0 Å². The molecule has 1 heterocycles. The Labute approximate surface area is 163 Å². The Morgan fingerprint density at radius 3 is 2.86 bits per heavy atom. The van der Waals surface area contributed by atoms with Gasteiger partial charge in [0.15, 0.2) is 6.61 Å². The number of ether oxygens (including phenoxy) is 1. The van der Waals surface area contributed by atoms with Crippen LogP contribution in [0.15, 0.2) is 41.3 Å². The molecule has 0 aromatic heterocycles. The SMILES string of the molecule is Cc1cccc([N+](=O)[O-])c1NC(=O)COC(=O)c1ccc2c(c1)NC(=O)CS2. The minimum atomic E-state index is -0.748. The molecular weight excluding hydrogens is 386 g/mol. The Kier molecular flexibility index (Phi) is 5.59. The summed E-state index contributed by atoms with van der Waals surface area (Å²) >= 11 is 1.36. The minimum absolute atomic E-state index is 0.0575. The molecule has 0 saturated carbocycles. The summed E-state index contributed by atoms with van der Waals surface area (Å²) < 4.78 is 4.98. The molecule has 2 aromatic carbocycles. The van der Waals surface area contributed by atoms with Crippen LogP contribution < -0.4 is 10.6 Å². The van der Waals surface area contributed by atoms with Crippen LogP contribution >= 0.6 is 11.8 Å². The molecule has 0 atom stereocenters. The van der Waals surface area contributed by atoms with E-state index in [4.69, 9.17) is 4.74 Å². The van der Waals surface area contributed by atoms with Crippen molar-refractivity contribution in [3.8, 4) is 0 Å². The molecular formula is C18H15N3O6S. The summed E-state index contributed by atoms with van der Waals surface area (Å²) in [6.45, 7) is 1.01. The van der Waals surface area contributed by atoms with Gasteiger partial charge in [-0.1, -0.05) is 12.1 Å². The van der Waals surface area contributed by atoms with Crippen molar-refractivity contribution in [1.82, 2.24) is 0 Å². The molecule has 0 saturated heterocycles. The fraction of sp³-hybridized carbons (Fsp3) is 0.167. The summed E-state index contributed by atoms with van der Waals surface area (Å²) in [6.07, 6.45) is 0. The third kappa shape index (κ3) is 4.29. The predicted octanol–water partition coefficient (Wildman–Crippen LogP) is 2.74. The molecule has 2 amide bonds. The van der Waals surface area contributed by atoms with Gasteiger partial charge in [-0.2, -0.15) is 0 Å². The van der Waals surface area contributed by atoms with E-state index >= 15 is 0 Å². The van der Waals surface area contributed by atoms with Gasteiger partial charge in [-0.15, -0.1) is 11.8 Å². The van der Waals surface area contributed by atoms with Crippen LogP contribution in [0.2, 0.25) is 0 Å². The lowest BCUT2D eigenvalue weighted by atomic mass is 10.1. The number of benzene rings is 2. The number of hydrogen-bond donors (Lipinski definition) is 2. The molecule has 0 unspecified atom stereocenters. The molecule has 0 fully saturated rings. The second-order valence-corrected chi connectivity index (χ2v) is 6.92. The zero-order valence-electron chi connectivity index (χ0n) is 14.7. The normalized spacial score (nSPS) is 12.5. The highest BCUT2D eigenvalue weighted by Gasteiger charge is 2.20. The second-order valence-electron chi connectivity index (χ2n) is 5.90. The zero-order valence-corrected chi connectivity index (χ0v) is 15.5. The van der Waals surface area contributed by atoms with Crippen LogP contribution in [0.4, 0.5) is 17.1 Å². The molecule has 1 aliphatic rings. The molecule has 144 valence electrons. The monoisotopic (exact) mass is 401 g/mol. The number of carbonyl (C=O) groups excluding carboxylic acids is 3. The van der Waals surface area contributed by atoms with E-state index in [2.05, 4.69) is 10.6 Å². The van der Waals surface area contributed by atoms with Crippen molar-refractivity contribution in [2.75, 3.05) is 23.0 Å². The Bertz CT molecular complexity index is 991. The van der Waals surface area contributed by atoms with Crippen molar-refractivity contribution < 1.29 is 24.0 Å². The number of para-hydroxylation sites is 1. The Morgan fingerprint density at radius 1 is 1.32 bits per heavy atom. The Morgan fingerprint density at radius 2 is 2.11 bits per heavy atom. The fourth-order valence-electron chi connectivity index (χ4n) is 2.57. The van der Waals surface area contributed by atoms with Gasteiger partial charge < -0.3 is 15.4 Å². The largest absolute Gasteiger partial charge is 0.452 e. The highest BCUT2D eigenvalue weighted by atomic mass is 32.2. The maximum Gasteiger partial charge on any atom is 0.338 e. The van der Waals surface area contributed by atoms with Crippen LogP contribution in [0.25, 0.3) is 0 Å². The number of hydrogen-bond acceptors (Lipinski definition) is 7. The Hall–Kier alpha value is -3.40. The second kappa shape index (κ2) is 8.09. The lowest BCUT2D eigenvalue weighted by Gasteiger charge is -2.16. The minimum Gasteiger partial charge on any atom is -0.452 e. The molecule has 28 heavy (non-hydrogen) atoms. The molecule has 0 bridgehead atoms. The van der Waals surface area contributed by atoms with Gasteiger partial charge in [0.05, 0.1) is 21.9 Å². The van der Waals surface area contributed by atoms with Crippen LogP contribution in [-0.4, -0.2) is 35.1 Å². The van der Waals surface area contributed by atoms with E-state index in [1.165, 1.54) is 36.0 Å². The number of carbonyl (C=O) groups is 3. The van der Waals surface area contributed by atoms with E-state index in [1.807, 2.05) is 0 Å². The number of nitro groups is 1. The van der Waals surface area contributed by atoms with Gasteiger partial charge >= 0.3 is 5.97 Å². The van der Waals surface area contributed by atoms with E-state index < -0.39 is 23.4 Å². The first kappa shape index (κ1) is 19.4. The summed E-state index contributed by atoms with van der Waals surface area (Å²) in [4.78, 5) is 47.0. The van der Waals surface area contributed by atoms with Crippen molar-refractivity contribution in [2.45, 2.75) is 11.8 Å². The summed E-state index contributed by atoms with van der Waals surface area (Å²) in [5, 5.41) is 16.2. The van der Waals surface area contributed by atoms with Crippen LogP contribution in [0.3, 0.4) is 0 Å². The number of nitrogens with zero attached hydrogens (tertiary/aromatic N) is 1. The number of aryl methyl sites for hydroxylation is 1. The van der Waals surface area contributed by atoms with E-state index in [1.54, 1.807) is 19.1 Å². The molecule has 10 heteroatoms. The highest BCUT2D eigenvalue weighted by molar-refractivity contribution is 8.00. The van der Waals surface area contributed by atoms with Crippen molar-refractivity contribution >= 4 is 46.6 Å². The molecule has 9 nitrogen and oxygen atoms in total. The lowest BCUT2D eigenvalue weighted by molar-refractivity contribution is -0.384. The first-order valence-electron chi connectivity index (χ1n) is 8.13. The first-order chi connectivity index (χ1) is 13.3. The number of nitro benzene ring substituents is 1. The van der Waals surface area contributed by atoms with Crippen molar-refractivity contribution in [1.29, 1.82) is 0 Å². The lowest BCUT2D eigenvalue weighted by Crippen LogP contribution is -2.22. The van der Waals surface area contributed by atoms with Crippen molar-refractivity contribution in [3.05, 3.63) is 57.6 Å². The van der Waals surface area contributed by atoms with Gasteiger partial charge in [-0.25, -0.2) is 4.79 Å². The summed E-state index contributed by atoms with van der Waals surface area (Å²) in [5.74, 6) is -1.31.